The molecule has 0 bridgehead atoms. The van der Waals surface area contributed by atoms with E-state index in [1.165, 1.54) is 0 Å². The number of amides is 3. The number of carbonyl (C=O) groups excluding carboxylic acids is 2. The molecule has 0 saturated heterocycles. The molecule has 1 aromatic carbocycles. The zero-order chi connectivity index (χ0) is 15.9. The summed E-state index contributed by atoms with van der Waals surface area (Å²) in [5.41, 5.74) is 0.891. The minimum Gasteiger partial charge on any atom is -0.383 e. The fraction of sp³-hybridized carbons (Fsp3) is 0.467. The van der Waals surface area contributed by atoms with Crippen LogP contribution in [0.25, 0.3) is 0 Å². The van der Waals surface area contributed by atoms with Gasteiger partial charge >= 0.3 is 6.03 Å². The van der Waals surface area contributed by atoms with Crippen LogP contribution >= 0.6 is 0 Å². The van der Waals surface area contributed by atoms with Gasteiger partial charge in [0.1, 0.15) is 0 Å². The smallest absolute Gasteiger partial charge is 0.319 e. The van der Waals surface area contributed by atoms with Crippen molar-refractivity contribution >= 4 is 17.6 Å². The zero-order valence-corrected chi connectivity index (χ0v) is 12.9. The number of urea groups is 1. The Morgan fingerprint density at radius 3 is 2.29 bits per heavy atom. The number of nitrogens with one attached hydrogen (secondary N) is 3. The van der Waals surface area contributed by atoms with E-state index in [9.17, 15) is 9.59 Å². The molecule has 3 amide bonds. The fourth-order valence-corrected chi connectivity index (χ4v) is 1.56. The Morgan fingerprint density at radius 1 is 1.14 bits per heavy atom. The van der Waals surface area contributed by atoms with Crippen LogP contribution < -0.4 is 16.0 Å². The highest BCUT2D eigenvalue weighted by molar-refractivity contribution is 5.95. The third-order valence-electron chi connectivity index (χ3n) is 2.49. The van der Waals surface area contributed by atoms with Crippen LogP contribution in [0.15, 0.2) is 24.3 Å². The number of methoxy groups -OCH3 is 1. The highest BCUT2D eigenvalue weighted by Crippen LogP contribution is 2.10. The van der Waals surface area contributed by atoms with E-state index >= 15 is 0 Å². The summed E-state index contributed by atoms with van der Waals surface area (Å²) in [6.45, 7) is 6.66. The number of carbonyl (C=O) groups is 2. The Hall–Kier alpha value is -2.08. The lowest BCUT2D eigenvalue weighted by molar-refractivity contribution is 0.0919. The van der Waals surface area contributed by atoms with Crippen molar-refractivity contribution < 1.29 is 14.3 Å². The number of rotatable bonds is 5. The average molecular weight is 293 g/mol. The van der Waals surface area contributed by atoms with Crippen LogP contribution in [-0.2, 0) is 4.74 Å². The standard InChI is InChI=1S/C15H23N3O3/c1-15(2,3)18-13(19)11-5-7-12(8-6-11)17-14(20)16-9-10-21-4/h5-8H,9-10H2,1-4H3,(H,18,19)(H2,16,17,20). The summed E-state index contributed by atoms with van der Waals surface area (Å²) >= 11 is 0. The first-order valence-electron chi connectivity index (χ1n) is 6.78. The molecular weight excluding hydrogens is 270 g/mol. The maximum absolute atomic E-state index is 11.9. The van der Waals surface area contributed by atoms with Crippen LogP contribution in [0.1, 0.15) is 31.1 Å². The van der Waals surface area contributed by atoms with Gasteiger partial charge in [0.15, 0.2) is 0 Å². The number of benzene rings is 1. The van der Waals surface area contributed by atoms with Gasteiger partial charge in [-0.2, -0.15) is 0 Å². The van der Waals surface area contributed by atoms with E-state index < -0.39 is 0 Å². The fourth-order valence-electron chi connectivity index (χ4n) is 1.56. The van der Waals surface area contributed by atoms with E-state index in [1.54, 1.807) is 31.4 Å². The van der Waals surface area contributed by atoms with E-state index in [-0.39, 0.29) is 17.5 Å². The Bertz CT molecular complexity index is 478. The summed E-state index contributed by atoms with van der Waals surface area (Å²) in [6, 6.07) is 6.41. The number of ether oxygens (including phenoxy) is 1. The highest BCUT2D eigenvalue weighted by atomic mass is 16.5. The second-order valence-electron chi connectivity index (χ2n) is 5.66. The van der Waals surface area contributed by atoms with Gasteiger partial charge in [0.2, 0.25) is 0 Å². The molecule has 6 heteroatoms. The predicted molar refractivity (Wildman–Crippen MR) is 82.6 cm³/mol. The molecule has 0 radical (unpaired) electrons. The third-order valence-corrected chi connectivity index (χ3v) is 2.49. The molecular formula is C15H23N3O3. The van der Waals surface area contributed by atoms with Crippen molar-refractivity contribution in [1.82, 2.24) is 10.6 Å². The van der Waals surface area contributed by atoms with Gasteiger partial charge in [-0.15, -0.1) is 0 Å². The molecule has 1 rings (SSSR count). The summed E-state index contributed by atoms with van der Waals surface area (Å²) in [4.78, 5) is 23.5. The van der Waals surface area contributed by atoms with Crippen molar-refractivity contribution in [2.75, 3.05) is 25.6 Å². The van der Waals surface area contributed by atoms with E-state index in [0.717, 1.165) is 0 Å². The molecule has 3 N–H and O–H groups in total. The summed E-state index contributed by atoms with van der Waals surface area (Å²) < 4.78 is 4.84. The molecule has 21 heavy (non-hydrogen) atoms. The van der Waals surface area contributed by atoms with Gasteiger partial charge in [-0.3, -0.25) is 4.79 Å². The molecule has 116 valence electrons. The predicted octanol–water partition coefficient (Wildman–Crippen LogP) is 1.98. The molecule has 0 fully saturated rings. The third kappa shape index (κ3) is 6.76. The van der Waals surface area contributed by atoms with E-state index in [0.29, 0.717) is 24.4 Å². The van der Waals surface area contributed by atoms with Gasteiger partial charge in [0.25, 0.3) is 5.91 Å². The average Bonchev–Trinajstić information content (AvgIpc) is 2.38. The molecule has 0 aromatic heterocycles. The minimum absolute atomic E-state index is 0.140. The first-order chi connectivity index (χ1) is 9.81. The van der Waals surface area contributed by atoms with E-state index in [2.05, 4.69) is 16.0 Å². The van der Waals surface area contributed by atoms with Gasteiger partial charge in [-0.1, -0.05) is 0 Å². The number of hydrogen-bond donors (Lipinski definition) is 3. The van der Waals surface area contributed by atoms with Crippen LogP contribution in [0.5, 0.6) is 0 Å². The minimum atomic E-state index is -0.307. The van der Waals surface area contributed by atoms with Crippen molar-refractivity contribution in [3.63, 3.8) is 0 Å². The highest BCUT2D eigenvalue weighted by Gasteiger charge is 2.15. The molecule has 0 aliphatic rings. The first-order valence-corrected chi connectivity index (χ1v) is 6.78. The van der Waals surface area contributed by atoms with E-state index in [1.807, 2.05) is 20.8 Å². The SMILES string of the molecule is COCCNC(=O)Nc1ccc(C(=O)NC(C)(C)C)cc1. The largest absolute Gasteiger partial charge is 0.383 e. The topological polar surface area (TPSA) is 79.5 Å². The van der Waals surface area contributed by atoms with Gasteiger partial charge in [0, 0.05) is 30.4 Å². The lowest BCUT2D eigenvalue weighted by Gasteiger charge is -2.20. The van der Waals surface area contributed by atoms with Crippen LogP contribution in [0.3, 0.4) is 0 Å². The molecule has 0 unspecified atom stereocenters. The zero-order valence-electron chi connectivity index (χ0n) is 12.9. The second kappa shape index (κ2) is 7.64. The summed E-state index contributed by atoms with van der Waals surface area (Å²) in [5, 5.41) is 8.20. The quantitative estimate of drug-likeness (QED) is 0.726. The van der Waals surface area contributed by atoms with Gasteiger partial charge in [-0.25, -0.2) is 4.79 Å². The maximum Gasteiger partial charge on any atom is 0.319 e. The molecule has 0 heterocycles. The van der Waals surface area contributed by atoms with Crippen molar-refractivity contribution in [3.8, 4) is 0 Å². The van der Waals surface area contributed by atoms with Crippen LogP contribution in [0.4, 0.5) is 10.5 Å². The Balaban J connectivity index is 2.54. The Kier molecular flexibility index (Phi) is 6.17. The summed E-state index contributed by atoms with van der Waals surface area (Å²) in [5.74, 6) is -0.140. The number of hydrogen-bond acceptors (Lipinski definition) is 3. The van der Waals surface area contributed by atoms with Crippen molar-refractivity contribution in [1.29, 1.82) is 0 Å². The van der Waals surface area contributed by atoms with Crippen LogP contribution in [0, 0.1) is 0 Å². The molecule has 1 aromatic rings. The maximum atomic E-state index is 11.9. The first kappa shape index (κ1) is 17.0. The number of anilines is 1. The summed E-state index contributed by atoms with van der Waals surface area (Å²) in [6.07, 6.45) is 0. The van der Waals surface area contributed by atoms with Gasteiger partial charge < -0.3 is 20.7 Å². The van der Waals surface area contributed by atoms with Crippen molar-refractivity contribution in [3.05, 3.63) is 29.8 Å². The Morgan fingerprint density at radius 2 is 1.76 bits per heavy atom. The lowest BCUT2D eigenvalue weighted by Crippen LogP contribution is -2.40. The van der Waals surface area contributed by atoms with Crippen molar-refractivity contribution in [2.45, 2.75) is 26.3 Å². The van der Waals surface area contributed by atoms with Crippen LogP contribution in [0.2, 0.25) is 0 Å². The normalized spacial score (nSPS) is 10.9. The summed E-state index contributed by atoms with van der Waals surface area (Å²) in [7, 11) is 1.57. The Labute approximate surface area is 125 Å². The second-order valence-corrected chi connectivity index (χ2v) is 5.66. The van der Waals surface area contributed by atoms with Gasteiger partial charge in [0.05, 0.1) is 6.61 Å². The molecule has 6 nitrogen and oxygen atoms in total. The molecule has 0 aliphatic heterocycles. The van der Waals surface area contributed by atoms with Gasteiger partial charge in [-0.05, 0) is 45.0 Å². The monoisotopic (exact) mass is 293 g/mol. The molecule has 0 saturated carbocycles. The lowest BCUT2D eigenvalue weighted by atomic mass is 10.1. The molecule has 0 spiro atoms. The molecule has 0 aliphatic carbocycles. The van der Waals surface area contributed by atoms with Crippen molar-refractivity contribution in [2.24, 2.45) is 0 Å². The van der Waals surface area contributed by atoms with Crippen LogP contribution in [-0.4, -0.2) is 37.7 Å². The molecule has 0 atom stereocenters. The van der Waals surface area contributed by atoms with E-state index in [4.69, 9.17) is 4.74 Å².